The zero-order valence-electron chi connectivity index (χ0n) is 8.50. The van der Waals surface area contributed by atoms with E-state index in [1.165, 1.54) is 6.07 Å². The van der Waals surface area contributed by atoms with Gasteiger partial charge in [-0.15, -0.1) is 0 Å². The Morgan fingerprint density at radius 1 is 1.44 bits per heavy atom. The summed E-state index contributed by atoms with van der Waals surface area (Å²) in [6, 6.07) is 4.76. The van der Waals surface area contributed by atoms with Gasteiger partial charge in [-0.3, -0.25) is 0 Å². The lowest BCUT2D eigenvalue weighted by molar-refractivity contribution is 0.628. The Balaban J connectivity index is 0.00000225. The summed E-state index contributed by atoms with van der Waals surface area (Å²) in [5.74, 6) is -0.402. The molecule has 0 saturated carbocycles. The van der Waals surface area contributed by atoms with Crippen molar-refractivity contribution in [1.29, 1.82) is 0 Å². The molecule has 0 heterocycles. The summed E-state index contributed by atoms with van der Waals surface area (Å²) >= 11 is 5.60. The maximum Gasteiger partial charge on any atom is 0.142 e. The van der Waals surface area contributed by atoms with E-state index in [-0.39, 0.29) is 12.4 Å². The second kappa shape index (κ2) is 7.02. The molecule has 0 N–H and O–H groups in total. The van der Waals surface area contributed by atoms with Gasteiger partial charge in [-0.1, -0.05) is 56.0 Å². The fraction of sp³-hybridized carbons (Fsp3) is 0.143. The van der Waals surface area contributed by atoms with Gasteiger partial charge < -0.3 is 0 Å². The summed E-state index contributed by atoms with van der Waals surface area (Å²) in [5, 5.41) is 0.141. The van der Waals surface area contributed by atoms with Crippen LogP contribution in [0.3, 0.4) is 0 Å². The third-order valence-electron chi connectivity index (χ3n) is 1.98. The van der Waals surface area contributed by atoms with Gasteiger partial charge >= 0.3 is 0 Å². The average molecular weight is 239 g/mol. The lowest BCUT2D eigenvalue weighted by atomic mass is 10.1. The van der Waals surface area contributed by atoms with Crippen molar-refractivity contribution in [2.45, 2.75) is 14.4 Å². The van der Waals surface area contributed by atoms with Crippen molar-refractivity contribution >= 4 is 17.2 Å². The van der Waals surface area contributed by atoms with Gasteiger partial charge in [0.15, 0.2) is 0 Å². The lowest BCUT2D eigenvalue weighted by Crippen LogP contribution is -1.84. The molecule has 0 nitrogen and oxygen atoms in total. The quantitative estimate of drug-likeness (QED) is 0.630. The molecular weight excluding hydrogens is 223 g/mol. The molecular formula is C14H16ClF. The van der Waals surface area contributed by atoms with Crippen LogP contribution in [0.15, 0.2) is 49.1 Å². The molecule has 1 aromatic carbocycles. The standard InChI is InChI=1S/C13H12ClF.CH4/c1-3-5-6-10(4-2)11-7-8-12(14)13(15)9-11;/h3-9H,1H2,2H3;1H4/b6-5-,10-4+;. The molecule has 0 saturated heterocycles. The zero-order chi connectivity index (χ0) is 11.3. The summed E-state index contributed by atoms with van der Waals surface area (Å²) in [4.78, 5) is 0. The number of benzene rings is 1. The molecule has 0 aliphatic rings. The van der Waals surface area contributed by atoms with E-state index < -0.39 is 5.82 Å². The Kier molecular flexibility index (Phi) is 6.43. The van der Waals surface area contributed by atoms with Gasteiger partial charge in [-0.25, -0.2) is 4.39 Å². The van der Waals surface area contributed by atoms with Crippen LogP contribution >= 0.6 is 11.6 Å². The fourth-order valence-corrected chi connectivity index (χ4v) is 1.32. The van der Waals surface area contributed by atoms with Crippen molar-refractivity contribution in [3.63, 3.8) is 0 Å². The molecule has 0 unspecified atom stereocenters. The highest BCUT2D eigenvalue weighted by molar-refractivity contribution is 6.30. The first-order valence-electron chi connectivity index (χ1n) is 4.60. The minimum absolute atomic E-state index is 0. The summed E-state index contributed by atoms with van der Waals surface area (Å²) in [6.07, 6.45) is 7.26. The molecule has 0 bridgehead atoms. The number of allylic oxidation sites excluding steroid dienone is 5. The molecule has 1 rings (SSSR count). The Hall–Kier alpha value is -1.34. The summed E-state index contributed by atoms with van der Waals surface area (Å²) in [7, 11) is 0. The van der Waals surface area contributed by atoms with Crippen molar-refractivity contribution in [2.24, 2.45) is 0 Å². The van der Waals surface area contributed by atoms with E-state index >= 15 is 0 Å². The predicted octanol–water partition coefficient (Wildman–Crippen LogP) is 5.26. The van der Waals surface area contributed by atoms with E-state index in [2.05, 4.69) is 6.58 Å². The summed E-state index contributed by atoms with van der Waals surface area (Å²) in [6.45, 7) is 5.48. The Labute approximate surface area is 102 Å². The fourth-order valence-electron chi connectivity index (χ4n) is 1.21. The van der Waals surface area contributed by atoms with E-state index in [0.717, 1.165) is 11.1 Å². The molecule has 2 heteroatoms. The first kappa shape index (κ1) is 14.7. The maximum atomic E-state index is 13.2. The second-order valence-corrected chi connectivity index (χ2v) is 3.37. The van der Waals surface area contributed by atoms with Gasteiger partial charge in [0.05, 0.1) is 5.02 Å². The summed E-state index contributed by atoms with van der Waals surface area (Å²) < 4.78 is 13.2. The molecule has 16 heavy (non-hydrogen) atoms. The van der Waals surface area contributed by atoms with Crippen LogP contribution in [0, 0.1) is 5.82 Å². The molecule has 0 atom stereocenters. The molecule has 1 aromatic rings. The first-order chi connectivity index (χ1) is 7.19. The van der Waals surface area contributed by atoms with Crippen LogP contribution in [0.1, 0.15) is 19.9 Å². The maximum absolute atomic E-state index is 13.2. The normalized spacial score (nSPS) is 11.3. The number of hydrogen-bond donors (Lipinski definition) is 0. The second-order valence-electron chi connectivity index (χ2n) is 2.97. The molecule has 0 aromatic heterocycles. The molecule has 0 fully saturated rings. The van der Waals surface area contributed by atoms with Gasteiger partial charge in [0.2, 0.25) is 0 Å². The van der Waals surface area contributed by atoms with Crippen LogP contribution in [0.25, 0.3) is 5.57 Å². The first-order valence-corrected chi connectivity index (χ1v) is 4.97. The van der Waals surface area contributed by atoms with Crippen molar-refractivity contribution in [1.82, 2.24) is 0 Å². The van der Waals surface area contributed by atoms with E-state index in [1.54, 1.807) is 18.2 Å². The highest BCUT2D eigenvalue weighted by Crippen LogP contribution is 2.21. The SMILES string of the molecule is C.C=C/C=C\C(=C/C)c1ccc(Cl)c(F)c1. The van der Waals surface area contributed by atoms with Crippen LogP contribution in [-0.4, -0.2) is 0 Å². The van der Waals surface area contributed by atoms with Crippen molar-refractivity contribution < 1.29 is 4.39 Å². The molecule has 0 spiro atoms. The van der Waals surface area contributed by atoms with Crippen LogP contribution < -0.4 is 0 Å². The van der Waals surface area contributed by atoms with Gasteiger partial charge in [0, 0.05) is 0 Å². The molecule has 86 valence electrons. The van der Waals surface area contributed by atoms with Gasteiger partial charge in [-0.2, -0.15) is 0 Å². The average Bonchev–Trinajstić information content (AvgIpc) is 2.24. The monoisotopic (exact) mass is 238 g/mol. The minimum Gasteiger partial charge on any atom is -0.205 e. The van der Waals surface area contributed by atoms with E-state index in [4.69, 9.17) is 11.6 Å². The van der Waals surface area contributed by atoms with E-state index in [0.29, 0.717) is 0 Å². The van der Waals surface area contributed by atoms with Gasteiger partial charge in [-0.05, 0) is 30.2 Å². The highest BCUT2D eigenvalue weighted by atomic mass is 35.5. The molecule has 0 radical (unpaired) electrons. The third kappa shape index (κ3) is 3.67. The topological polar surface area (TPSA) is 0 Å². The highest BCUT2D eigenvalue weighted by Gasteiger charge is 2.02. The number of rotatable bonds is 3. The van der Waals surface area contributed by atoms with Crippen LogP contribution in [-0.2, 0) is 0 Å². The minimum atomic E-state index is -0.402. The predicted molar refractivity (Wildman–Crippen MR) is 71.1 cm³/mol. The number of hydrogen-bond acceptors (Lipinski definition) is 0. The Morgan fingerprint density at radius 3 is 2.62 bits per heavy atom. The van der Waals surface area contributed by atoms with Gasteiger partial charge in [0.1, 0.15) is 5.82 Å². The Bertz CT molecular complexity index is 417. The van der Waals surface area contributed by atoms with Crippen LogP contribution in [0.4, 0.5) is 4.39 Å². The van der Waals surface area contributed by atoms with Crippen molar-refractivity contribution in [3.05, 3.63) is 65.5 Å². The largest absolute Gasteiger partial charge is 0.205 e. The summed E-state index contributed by atoms with van der Waals surface area (Å²) in [5.41, 5.74) is 1.74. The van der Waals surface area contributed by atoms with Gasteiger partial charge in [0.25, 0.3) is 0 Å². The Morgan fingerprint density at radius 2 is 2.12 bits per heavy atom. The van der Waals surface area contributed by atoms with E-state index in [1.807, 2.05) is 25.2 Å². The number of halogens is 2. The smallest absolute Gasteiger partial charge is 0.142 e. The molecule has 0 aliphatic carbocycles. The molecule has 0 aliphatic heterocycles. The van der Waals surface area contributed by atoms with Crippen molar-refractivity contribution in [3.8, 4) is 0 Å². The van der Waals surface area contributed by atoms with Crippen LogP contribution in [0.5, 0.6) is 0 Å². The lowest BCUT2D eigenvalue weighted by Gasteiger charge is -2.02. The van der Waals surface area contributed by atoms with E-state index in [9.17, 15) is 4.39 Å². The molecule has 0 amide bonds. The third-order valence-corrected chi connectivity index (χ3v) is 2.28. The van der Waals surface area contributed by atoms with Crippen LogP contribution in [0.2, 0.25) is 5.02 Å². The van der Waals surface area contributed by atoms with Crippen molar-refractivity contribution in [2.75, 3.05) is 0 Å². The zero-order valence-corrected chi connectivity index (χ0v) is 9.26.